The lowest BCUT2D eigenvalue weighted by atomic mass is 10.1. The Morgan fingerprint density at radius 3 is 2.45 bits per heavy atom. The smallest absolute Gasteiger partial charge is 0.116 e. The minimum Gasteiger partial charge on any atom is -0.300 e. The molecule has 0 bridgehead atoms. The molecule has 3 nitrogen and oxygen atoms in total. The number of aliphatic imine (C=N–C) groups is 1. The summed E-state index contributed by atoms with van der Waals surface area (Å²) >= 11 is 5.85. The normalized spacial score (nSPS) is 17.6. The Morgan fingerprint density at radius 1 is 0.950 bits per heavy atom. The third-order valence-electron chi connectivity index (χ3n) is 3.35. The highest BCUT2D eigenvalue weighted by Crippen LogP contribution is 2.27. The number of halogens is 1. The summed E-state index contributed by atoms with van der Waals surface area (Å²) in [5.74, 6) is 0.994. The zero-order valence-electron chi connectivity index (χ0n) is 11.0. The van der Waals surface area contributed by atoms with Crippen molar-refractivity contribution >= 4 is 23.1 Å². The fourth-order valence-electron chi connectivity index (χ4n) is 2.28. The first kappa shape index (κ1) is 13.0. The molecule has 1 aliphatic heterocycles. The number of benzene rings is 2. The molecule has 0 aliphatic carbocycles. The van der Waals surface area contributed by atoms with E-state index in [1.165, 1.54) is 5.56 Å². The summed E-state index contributed by atoms with van der Waals surface area (Å²) < 4.78 is 0. The second-order valence-corrected chi connectivity index (χ2v) is 5.23. The highest BCUT2D eigenvalue weighted by Gasteiger charge is 2.18. The largest absolute Gasteiger partial charge is 0.300 e. The fraction of sp³-hybridized carbons (Fsp3) is 0.188. The van der Waals surface area contributed by atoms with Crippen molar-refractivity contribution in [2.45, 2.75) is 18.9 Å². The van der Waals surface area contributed by atoms with Crippen LogP contribution in [0.15, 0.2) is 59.6 Å². The Hall–Kier alpha value is -2.00. The molecule has 2 aromatic rings. The Kier molecular flexibility index (Phi) is 3.88. The van der Waals surface area contributed by atoms with Gasteiger partial charge in [0.1, 0.15) is 5.84 Å². The van der Waals surface area contributed by atoms with E-state index in [0.717, 1.165) is 29.4 Å². The van der Waals surface area contributed by atoms with Crippen molar-refractivity contribution in [3.63, 3.8) is 0 Å². The van der Waals surface area contributed by atoms with Gasteiger partial charge in [-0.3, -0.25) is 15.8 Å². The molecule has 0 amide bonds. The van der Waals surface area contributed by atoms with Crippen LogP contribution in [0.25, 0.3) is 0 Å². The summed E-state index contributed by atoms with van der Waals surface area (Å²) in [6.45, 7) is 0. The lowest BCUT2D eigenvalue weighted by Crippen LogP contribution is -2.27. The molecule has 0 saturated heterocycles. The first-order valence-electron chi connectivity index (χ1n) is 6.70. The Morgan fingerprint density at radius 2 is 1.70 bits per heavy atom. The molecule has 0 saturated carbocycles. The van der Waals surface area contributed by atoms with Gasteiger partial charge in [0.25, 0.3) is 0 Å². The molecular formula is C16H16ClN3. The van der Waals surface area contributed by atoms with E-state index in [-0.39, 0.29) is 6.04 Å². The molecule has 1 unspecified atom stereocenters. The maximum atomic E-state index is 5.85. The van der Waals surface area contributed by atoms with Crippen LogP contribution in [-0.4, -0.2) is 5.84 Å². The van der Waals surface area contributed by atoms with Gasteiger partial charge in [-0.15, -0.1) is 0 Å². The maximum Gasteiger partial charge on any atom is 0.116 e. The maximum absolute atomic E-state index is 5.85. The van der Waals surface area contributed by atoms with E-state index in [0.29, 0.717) is 0 Å². The highest BCUT2D eigenvalue weighted by molar-refractivity contribution is 6.30. The van der Waals surface area contributed by atoms with Gasteiger partial charge in [-0.1, -0.05) is 41.9 Å². The lowest BCUT2D eigenvalue weighted by Gasteiger charge is -2.09. The molecule has 1 aliphatic rings. The number of hydrazine groups is 1. The van der Waals surface area contributed by atoms with E-state index >= 15 is 0 Å². The first-order valence-corrected chi connectivity index (χ1v) is 7.08. The Labute approximate surface area is 123 Å². The predicted molar refractivity (Wildman–Crippen MR) is 84.1 cm³/mol. The van der Waals surface area contributed by atoms with E-state index in [4.69, 9.17) is 16.6 Å². The molecule has 0 radical (unpaired) electrons. The summed E-state index contributed by atoms with van der Waals surface area (Å²) in [6.07, 6.45) is 2.01. The van der Waals surface area contributed by atoms with Crippen LogP contribution in [0.5, 0.6) is 0 Å². The number of nitrogens with one attached hydrogen (secondary N) is 2. The van der Waals surface area contributed by atoms with Gasteiger partial charge in [0.2, 0.25) is 0 Å². The molecular weight excluding hydrogens is 270 g/mol. The van der Waals surface area contributed by atoms with Crippen molar-refractivity contribution in [2.75, 3.05) is 5.43 Å². The monoisotopic (exact) mass is 285 g/mol. The van der Waals surface area contributed by atoms with Gasteiger partial charge in [-0.2, -0.15) is 0 Å². The van der Waals surface area contributed by atoms with Gasteiger partial charge < -0.3 is 0 Å². The molecule has 20 heavy (non-hydrogen) atoms. The standard InChI is InChI=1S/C16H16ClN3/c17-13-6-8-14(9-7-13)19-20-16-11-10-15(18-16)12-4-2-1-3-5-12/h1-9,15,19H,10-11H2,(H,18,20). The van der Waals surface area contributed by atoms with Crippen LogP contribution >= 0.6 is 11.6 Å². The number of hydrogen-bond acceptors (Lipinski definition) is 3. The molecule has 1 heterocycles. The summed E-state index contributed by atoms with van der Waals surface area (Å²) in [5.41, 5.74) is 8.57. The summed E-state index contributed by atoms with van der Waals surface area (Å²) in [4.78, 5) is 4.71. The fourth-order valence-corrected chi connectivity index (χ4v) is 2.41. The van der Waals surface area contributed by atoms with Gasteiger partial charge in [0, 0.05) is 11.4 Å². The lowest BCUT2D eigenvalue weighted by molar-refractivity contribution is 0.723. The minimum atomic E-state index is 0.269. The average Bonchev–Trinajstić information content (AvgIpc) is 2.97. The van der Waals surface area contributed by atoms with E-state index in [2.05, 4.69) is 35.1 Å². The van der Waals surface area contributed by atoms with Crippen LogP contribution in [-0.2, 0) is 0 Å². The molecule has 0 aromatic heterocycles. The number of hydrogen-bond donors (Lipinski definition) is 2. The van der Waals surface area contributed by atoms with Gasteiger partial charge in [0.05, 0.1) is 11.7 Å². The van der Waals surface area contributed by atoms with E-state index in [1.54, 1.807) is 0 Å². The number of amidine groups is 1. The SMILES string of the molecule is Clc1ccc(NNC2=NC(c3ccccc3)CC2)cc1. The molecule has 4 heteroatoms. The molecule has 0 spiro atoms. The van der Waals surface area contributed by atoms with Crippen molar-refractivity contribution in [1.82, 2.24) is 5.43 Å². The Bertz CT molecular complexity index is 593. The van der Waals surface area contributed by atoms with Crippen LogP contribution in [0.2, 0.25) is 5.02 Å². The van der Waals surface area contributed by atoms with Crippen molar-refractivity contribution in [3.8, 4) is 0 Å². The van der Waals surface area contributed by atoms with Crippen LogP contribution in [0, 0.1) is 0 Å². The van der Waals surface area contributed by atoms with E-state index in [9.17, 15) is 0 Å². The molecule has 0 fully saturated rings. The molecule has 102 valence electrons. The van der Waals surface area contributed by atoms with Crippen molar-refractivity contribution < 1.29 is 0 Å². The third kappa shape index (κ3) is 3.11. The van der Waals surface area contributed by atoms with Crippen molar-refractivity contribution in [1.29, 1.82) is 0 Å². The van der Waals surface area contributed by atoms with Crippen molar-refractivity contribution in [2.24, 2.45) is 4.99 Å². The molecule has 2 aromatic carbocycles. The van der Waals surface area contributed by atoms with Crippen LogP contribution < -0.4 is 10.9 Å². The zero-order valence-corrected chi connectivity index (χ0v) is 11.8. The predicted octanol–water partition coefficient (Wildman–Crippen LogP) is 4.19. The van der Waals surface area contributed by atoms with E-state index < -0.39 is 0 Å². The topological polar surface area (TPSA) is 36.4 Å². The second-order valence-electron chi connectivity index (χ2n) is 4.80. The molecule has 2 N–H and O–H groups in total. The molecule has 1 atom stereocenters. The van der Waals surface area contributed by atoms with Crippen LogP contribution in [0.3, 0.4) is 0 Å². The third-order valence-corrected chi connectivity index (χ3v) is 3.60. The minimum absolute atomic E-state index is 0.269. The van der Waals surface area contributed by atoms with Gasteiger partial charge >= 0.3 is 0 Å². The van der Waals surface area contributed by atoms with E-state index in [1.807, 2.05) is 30.3 Å². The average molecular weight is 286 g/mol. The second kappa shape index (κ2) is 5.97. The number of anilines is 1. The van der Waals surface area contributed by atoms with Gasteiger partial charge in [0.15, 0.2) is 0 Å². The Balaban J connectivity index is 1.60. The van der Waals surface area contributed by atoms with Gasteiger partial charge in [-0.25, -0.2) is 0 Å². The first-order chi connectivity index (χ1) is 9.81. The quantitative estimate of drug-likeness (QED) is 0.830. The van der Waals surface area contributed by atoms with Crippen LogP contribution in [0.4, 0.5) is 5.69 Å². The summed E-state index contributed by atoms with van der Waals surface area (Å²) in [7, 11) is 0. The summed E-state index contributed by atoms with van der Waals surface area (Å²) in [5, 5.41) is 0.734. The molecule has 3 rings (SSSR count). The zero-order chi connectivity index (χ0) is 13.8. The number of nitrogens with zero attached hydrogens (tertiary/aromatic N) is 1. The van der Waals surface area contributed by atoms with Crippen molar-refractivity contribution in [3.05, 3.63) is 65.2 Å². The van der Waals surface area contributed by atoms with Gasteiger partial charge in [-0.05, 0) is 36.2 Å². The van der Waals surface area contributed by atoms with Crippen LogP contribution in [0.1, 0.15) is 24.4 Å². The number of rotatable bonds is 3. The summed E-state index contributed by atoms with van der Waals surface area (Å²) in [6, 6.07) is 18.2. The highest BCUT2D eigenvalue weighted by atomic mass is 35.5.